The maximum atomic E-state index is 5.82. The van der Waals surface area contributed by atoms with Crippen LogP contribution < -0.4 is 5.73 Å². The van der Waals surface area contributed by atoms with E-state index in [1.165, 1.54) is 12.8 Å². The van der Waals surface area contributed by atoms with Gasteiger partial charge in [-0.05, 0) is 26.2 Å². The average molecular weight is 155 g/mol. The highest BCUT2D eigenvalue weighted by Crippen LogP contribution is 2.17. The van der Waals surface area contributed by atoms with Gasteiger partial charge in [0, 0.05) is 12.6 Å². The summed E-state index contributed by atoms with van der Waals surface area (Å²) >= 11 is 0. The minimum Gasteiger partial charge on any atom is -0.378 e. The molecule has 1 rings (SSSR count). The van der Waals surface area contributed by atoms with Gasteiger partial charge in [0.1, 0.15) is 0 Å². The summed E-state index contributed by atoms with van der Waals surface area (Å²) in [5, 5.41) is 0. The smallest absolute Gasteiger partial charge is 0.0593 e. The van der Waals surface area contributed by atoms with Crippen LogP contribution in [0.15, 0.2) is 12.2 Å². The molecule has 1 aliphatic heterocycles. The lowest BCUT2D eigenvalue weighted by Gasteiger charge is -2.15. The molecule has 0 spiro atoms. The lowest BCUT2D eigenvalue weighted by molar-refractivity contribution is 0.101. The van der Waals surface area contributed by atoms with Crippen molar-refractivity contribution in [2.75, 3.05) is 6.61 Å². The van der Waals surface area contributed by atoms with Crippen LogP contribution in [0.5, 0.6) is 0 Å². The zero-order chi connectivity index (χ0) is 8.27. The van der Waals surface area contributed by atoms with Crippen LogP contribution in [0, 0.1) is 0 Å². The predicted octanol–water partition coefficient (Wildman–Crippen LogP) is 1.46. The third-order valence-corrected chi connectivity index (χ3v) is 2.17. The van der Waals surface area contributed by atoms with Gasteiger partial charge >= 0.3 is 0 Å². The van der Waals surface area contributed by atoms with Crippen molar-refractivity contribution in [1.82, 2.24) is 0 Å². The van der Waals surface area contributed by atoms with E-state index in [1.54, 1.807) is 0 Å². The first-order valence-corrected chi connectivity index (χ1v) is 4.22. The van der Waals surface area contributed by atoms with Gasteiger partial charge in [0.05, 0.1) is 6.10 Å². The maximum Gasteiger partial charge on any atom is 0.0593 e. The highest BCUT2D eigenvalue weighted by atomic mass is 16.5. The van der Waals surface area contributed by atoms with Crippen LogP contribution in [0.3, 0.4) is 0 Å². The molecule has 1 fully saturated rings. The molecule has 0 aromatic heterocycles. The van der Waals surface area contributed by atoms with E-state index in [1.807, 2.05) is 6.92 Å². The van der Waals surface area contributed by atoms with Gasteiger partial charge in [0.15, 0.2) is 0 Å². The van der Waals surface area contributed by atoms with Crippen LogP contribution >= 0.6 is 0 Å². The SMILES string of the molecule is C=C(C)C(N)CC1CCCO1. The van der Waals surface area contributed by atoms with Crippen molar-refractivity contribution >= 4 is 0 Å². The van der Waals surface area contributed by atoms with E-state index in [0.717, 1.165) is 18.6 Å². The molecule has 2 N–H and O–H groups in total. The lowest BCUT2D eigenvalue weighted by atomic mass is 10.0. The molecular formula is C9H17NO. The molecule has 11 heavy (non-hydrogen) atoms. The minimum absolute atomic E-state index is 0.123. The van der Waals surface area contributed by atoms with E-state index in [-0.39, 0.29) is 6.04 Å². The number of ether oxygens (including phenoxy) is 1. The Kier molecular flexibility index (Phi) is 3.09. The Labute approximate surface area is 68.4 Å². The fraction of sp³-hybridized carbons (Fsp3) is 0.778. The zero-order valence-corrected chi connectivity index (χ0v) is 7.18. The van der Waals surface area contributed by atoms with E-state index in [0.29, 0.717) is 6.10 Å². The van der Waals surface area contributed by atoms with Crippen LogP contribution in [0.25, 0.3) is 0 Å². The molecule has 0 aromatic rings. The summed E-state index contributed by atoms with van der Waals surface area (Å²) in [4.78, 5) is 0. The van der Waals surface area contributed by atoms with Crippen molar-refractivity contribution in [3.63, 3.8) is 0 Å². The molecule has 1 heterocycles. The van der Waals surface area contributed by atoms with Crippen LogP contribution in [-0.4, -0.2) is 18.8 Å². The quantitative estimate of drug-likeness (QED) is 0.626. The summed E-state index contributed by atoms with van der Waals surface area (Å²) in [5.74, 6) is 0. The number of hydrogen-bond donors (Lipinski definition) is 1. The van der Waals surface area contributed by atoms with Crippen LogP contribution in [-0.2, 0) is 4.74 Å². The Hall–Kier alpha value is -0.340. The van der Waals surface area contributed by atoms with Gasteiger partial charge in [-0.25, -0.2) is 0 Å². The maximum absolute atomic E-state index is 5.82. The standard InChI is InChI=1S/C9H17NO/c1-7(2)9(10)6-8-4-3-5-11-8/h8-9H,1,3-6,10H2,2H3. The van der Waals surface area contributed by atoms with Crippen molar-refractivity contribution in [2.24, 2.45) is 5.73 Å². The normalized spacial score (nSPS) is 26.9. The molecular weight excluding hydrogens is 138 g/mol. The van der Waals surface area contributed by atoms with Gasteiger partial charge < -0.3 is 10.5 Å². The molecule has 1 aliphatic rings. The van der Waals surface area contributed by atoms with Crippen LogP contribution in [0.4, 0.5) is 0 Å². The largest absolute Gasteiger partial charge is 0.378 e. The fourth-order valence-corrected chi connectivity index (χ4v) is 1.31. The predicted molar refractivity (Wildman–Crippen MR) is 46.4 cm³/mol. The van der Waals surface area contributed by atoms with Crippen molar-refractivity contribution in [3.05, 3.63) is 12.2 Å². The first-order valence-electron chi connectivity index (χ1n) is 4.22. The van der Waals surface area contributed by atoms with Crippen molar-refractivity contribution in [1.29, 1.82) is 0 Å². The molecule has 0 aliphatic carbocycles. The first-order chi connectivity index (χ1) is 5.20. The van der Waals surface area contributed by atoms with Crippen molar-refractivity contribution in [2.45, 2.75) is 38.3 Å². The van der Waals surface area contributed by atoms with Gasteiger partial charge in [-0.3, -0.25) is 0 Å². The second-order valence-corrected chi connectivity index (χ2v) is 3.32. The van der Waals surface area contributed by atoms with Gasteiger partial charge in [-0.1, -0.05) is 12.2 Å². The van der Waals surface area contributed by atoms with Gasteiger partial charge in [0.25, 0.3) is 0 Å². The van der Waals surface area contributed by atoms with E-state index in [9.17, 15) is 0 Å². The zero-order valence-electron chi connectivity index (χ0n) is 7.18. The Morgan fingerprint density at radius 3 is 3.00 bits per heavy atom. The van der Waals surface area contributed by atoms with E-state index >= 15 is 0 Å². The second kappa shape index (κ2) is 3.88. The van der Waals surface area contributed by atoms with Crippen LogP contribution in [0.1, 0.15) is 26.2 Å². The number of nitrogens with two attached hydrogens (primary N) is 1. The lowest BCUT2D eigenvalue weighted by Crippen LogP contribution is -2.26. The fourth-order valence-electron chi connectivity index (χ4n) is 1.31. The Morgan fingerprint density at radius 2 is 2.55 bits per heavy atom. The van der Waals surface area contributed by atoms with Gasteiger partial charge in [-0.15, -0.1) is 0 Å². The monoisotopic (exact) mass is 155 g/mol. The summed E-state index contributed by atoms with van der Waals surface area (Å²) < 4.78 is 5.45. The summed E-state index contributed by atoms with van der Waals surface area (Å²) in [7, 11) is 0. The molecule has 0 aromatic carbocycles. The average Bonchev–Trinajstić information content (AvgIpc) is 2.39. The molecule has 2 nitrogen and oxygen atoms in total. The third kappa shape index (κ3) is 2.64. The first kappa shape index (κ1) is 8.75. The summed E-state index contributed by atoms with van der Waals surface area (Å²) in [5.41, 5.74) is 6.87. The Morgan fingerprint density at radius 1 is 1.82 bits per heavy atom. The van der Waals surface area contributed by atoms with Gasteiger partial charge in [0.2, 0.25) is 0 Å². The molecule has 1 saturated heterocycles. The molecule has 0 radical (unpaired) electrons. The highest BCUT2D eigenvalue weighted by Gasteiger charge is 2.18. The van der Waals surface area contributed by atoms with E-state index < -0.39 is 0 Å². The second-order valence-electron chi connectivity index (χ2n) is 3.32. The van der Waals surface area contributed by atoms with E-state index in [2.05, 4.69) is 6.58 Å². The number of rotatable bonds is 3. The third-order valence-electron chi connectivity index (χ3n) is 2.17. The number of hydrogen-bond acceptors (Lipinski definition) is 2. The Bertz CT molecular complexity index is 138. The molecule has 0 amide bonds. The highest BCUT2D eigenvalue weighted by molar-refractivity contribution is 5.00. The molecule has 0 bridgehead atoms. The molecule has 2 unspecified atom stereocenters. The van der Waals surface area contributed by atoms with E-state index in [4.69, 9.17) is 10.5 Å². The molecule has 0 saturated carbocycles. The molecule has 2 atom stereocenters. The Balaban J connectivity index is 2.23. The minimum atomic E-state index is 0.123. The van der Waals surface area contributed by atoms with Crippen molar-refractivity contribution in [3.8, 4) is 0 Å². The van der Waals surface area contributed by atoms with Crippen LogP contribution in [0.2, 0.25) is 0 Å². The summed E-state index contributed by atoms with van der Waals surface area (Å²) in [6.07, 6.45) is 3.69. The van der Waals surface area contributed by atoms with Crippen molar-refractivity contribution < 1.29 is 4.74 Å². The summed E-state index contributed by atoms with van der Waals surface area (Å²) in [6, 6.07) is 0.123. The molecule has 64 valence electrons. The molecule has 2 heteroatoms. The summed E-state index contributed by atoms with van der Waals surface area (Å²) in [6.45, 7) is 6.70. The topological polar surface area (TPSA) is 35.2 Å². The van der Waals surface area contributed by atoms with Gasteiger partial charge in [-0.2, -0.15) is 0 Å².